The Morgan fingerprint density at radius 3 is 2.71 bits per heavy atom. The van der Waals surface area contributed by atoms with Crippen LogP contribution in [-0.2, 0) is 11.3 Å². The van der Waals surface area contributed by atoms with Crippen molar-refractivity contribution < 1.29 is 27.4 Å². The summed E-state index contributed by atoms with van der Waals surface area (Å²) in [6.07, 6.45) is -3.24. The highest BCUT2D eigenvalue weighted by Gasteiger charge is 2.29. The number of nitrogens with one attached hydrogen (secondary N) is 1. The molecule has 0 aliphatic carbocycles. The molecule has 1 aliphatic heterocycles. The van der Waals surface area contributed by atoms with Crippen molar-refractivity contribution in [3.63, 3.8) is 0 Å². The van der Waals surface area contributed by atoms with Crippen LogP contribution >= 0.6 is 0 Å². The fraction of sp³-hybridized carbons (Fsp3) is 0.600. The van der Waals surface area contributed by atoms with Gasteiger partial charge in [0.1, 0.15) is 0 Å². The van der Waals surface area contributed by atoms with Crippen molar-refractivity contribution in [2.75, 3.05) is 19.7 Å². The fourth-order valence-electron chi connectivity index (χ4n) is 2.47. The summed E-state index contributed by atoms with van der Waals surface area (Å²) >= 11 is 0. The molecule has 1 aromatic heterocycles. The summed E-state index contributed by atoms with van der Waals surface area (Å²) in [5.41, 5.74) is 0.379. The number of pyridine rings is 1. The van der Waals surface area contributed by atoms with Gasteiger partial charge in [0.15, 0.2) is 6.61 Å². The van der Waals surface area contributed by atoms with E-state index in [1.54, 1.807) is 17.0 Å². The molecule has 1 aromatic rings. The van der Waals surface area contributed by atoms with Gasteiger partial charge >= 0.3 is 12.2 Å². The number of halogens is 3. The number of hydrogen-bond acceptors (Lipinski definition) is 4. The van der Waals surface area contributed by atoms with Crippen molar-refractivity contribution in [2.45, 2.75) is 38.8 Å². The van der Waals surface area contributed by atoms with Crippen molar-refractivity contribution in [1.29, 1.82) is 0 Å². The molecule has 2 heterocycles. The third kappa shape index (κ3) is 5.55. The van der Waals surface area contributed by atoms with Crippen LogP contribution in [0.25, 0.3) is 0 Å². The Labute approximate surface area is 137 Å². The van der Waals surface area contributed by atoms with E-state index in [2.05, 4.69) is 10.3 Å². The van der Waals surface area contributed by atoms with Gasteiger partial charge in [0, 0.05) is 31.4 Å². The van der Waals surface area contributed by atoms with E-state index in [9.17, 15) is 18.0 Å². The van der Waals surface area contributed by atoms with Crippen LogP contribution in [0.4, 0.5) is 18.0 Å². The molecule has 0 bridgehead atoms. The summed E-state index contributed by atoms with van der Waals surface area (Å²) in [4.78, 5) is 17.6. The van der Waals surface area contributed by atoms with E-state index in [0.29, 0.717) is 18.7 Å². The third-order valence-corrected chi connectivity index (χ3v) is 3.36. The highest BCUT2D eigenvalue weighted by Crippen LogP contribution is 2.20. The van der Waals surface area contributed by atoms with Crippen LogP contribution in [0.15, 0.2) is 18.3 Å². The average molecular weight is 347 g/mol. The number of alkyl halides is 3. The highest BCUT2D eigenvalue weighted by atomic mass is 19.4. The number of carbonyl (C=O) groups is 1. The molecule has 2 atom stereocenters. The monoisotopic (exact) mass is 347 g/mol. The van der Waals surface area contributed by atoms with Gasteiger partial charge in [-0.15, -0.1) is 0 Å². The molecule has 0 aromatic carbocycles. The minimum Gasteiger partial charge on any atom is -0.468 e. The second kappa shape index (κ2) is 7.69. The van der Waals surface area contributed by atoms with Crippen LogP contribution in [0.1, 0.15) is 19.4 Å². The topological polar surface area (TPSA) is 63.7 Å². The van der Waals surface area contributed by atoms with E-state index in [4.69, 9.17) is 9.47 Å². The first-order valence-electron chi connectivity index (χ1n) is 7.56. The van der Waals surface area contributed by atoms with Crippen LogP contribution in [0, 0.1) is 0 Å². The molecule has 1 aliphatic rings. The number of nitrogens with zero attached hydrogens (tertiary/aromatic N) is 2. The molecule has 6 nitrogen and oxygen atoms in total. The number of urea groups is 1. The van der Waals surface area contributed by atoms with Crippen molar-refractivity contribution >= 4 is 6.03 Å². The Morgan fingerprint density at radius 1 is 1.42 bits per heavy atom. The Balaban J connectivity index is 1.93. The summed E-state index contributed by atoms with van der Waals surface area (Å²) in [6.45, 7) is 3.27. The summed E-state index contributed by atoms with van der Waals surface area (Å²) < 4.78 is 47.0. The van der Waals surface area contributed by atoms with Crippen molar-refractivity contribution in [3.8, 4) is 5.88 Å². The van der Waals surface area contributed by atoms with Gasteiger partial charge in [-0.25, -0.2) is 9.78 Å². The molecule has 24 heavy (non-hydrogen) atoms. The number of ether oxygens (including phenoxy) is 2. The molecule has 0 saturated carbocycles. The Kier molecular flexibility index (Phi) is 5.87. The summed E-state index contributed by atoms with van der Waals surface area (Å²) in [6, 6.07) is 2.83. The number of carbonyl (C=O) groups excluding carboxylic acids is 1. The van der Waals surface area contributed by atoms with Crippen molar-refractivity contribution in [1.82, 2.24) is 15.2 Å². The molecule has 1 fully saturated rings. The van der Waals surface area contributed by atoms with Crippen LogP contribution < -0.4 is 10.1 Å². The second-order valence-corrected chi connectivity index (χ2v) is 5.69. The third-order valence-electron chi connectivity index (χ3n) is 3.36. The normalized spacial score (nSPS) is 21.5. The first kappa shape index (κ1) is 18.3. The zero-order valence-corrected chi connectivity index (χ0v) is 13.5. The lowest BCUT2D eigenvalue weighted by atomic mass is 10.2. The SMILES string of the molecule is C[C@@H]1CN(C(=O)NCc2cccnc2OCC(F)(F)F)C[C@@H](C)O1. The van der Waals surface area contributed by atoms with Gasteiger partial charge in [-0.05, 0) is 19.9 Å². The molecule has 2 amide bonds. The molecule has 0 spiro atoms. The molecule has 134 valence electrons. The molecule has 1 N–H and O–H groups in total. The molecule has 0 unspecified atom stereocenters. The summed E-state index contributed by atoms with van der Waals surface area (Å²) in [5.74, 6) is -0.140. The van der Waals surface area contributed by atoms with Crippen molar-refractivity contribution in [3.05, 3.63) is 23.9 Å². The molecular formula is C15H20F3N3O3. The molecule has 0 radical (unpaired) electrons. The number of hydrogen-bond donors (Lipinski definition) is 1. The van der Waals surface area contributed by atoms with Crippen LogP contribution in [0.5, 0.6) is 5.88 Å². The maximum absolute atomic E-state index is 12.3. The fourth-order valence-corrected chi connectivity index (χ4v) is 2.47. The first-order valence-corrected chi connectivity index (χ1v) is 7.56. The van der Waals surface area contributed by atoms with E-state index >= 15 is 0 Å². The number of rotatable bonds is 4. The quantitative estimate of drug-likeness (QED) is 0.908. The van der Waals surface area contributed by atoms with E-state index in [-0.39, 0.29) is 30.7 Å². The van der Waals surface area contributed by atoms with Gasteiger partial charge in [0.25, 0.3) is 0 Å². The lowest BCUT2D eigenvalue weighted by molar-refractivity contribution is -0.154. The van der Waals surface area contributed by atoms with E-state index in [1.807, 2.05) is 13.8 Å². The van der Waals surface area contributed by atoms with E-state index < -0.39 is 12.8 Å². The molecular weight excluding hydrogens is 327 g/mol. The molecule has 2 rings (SSSR count). The Hall–Kier alpha value is -2.03. The predicted octanol–water partition coefficient (Wildman–Crippen LogP) is 2.34. The minimum atomic E-state index is -4.45. The van der Waals surface area contributed by atoms with Crippen LogP contribution in [0.2, 0.25) is 0 Å². The zero-order valence-electron chi connectivity index (χ0n) is 13.5. The van der Waals surface area contributed by atoms with Gasteiger partial charge in [0.2, 0.25) is 5.88 Å². The van der Waals surface area contributed by atoms with Crippen LogP contribution in [0.3, 0.4) is 0 Å². The maximum Gasteiger partial charge on any atom is 0.422 e. The lowest BCUT2D eigenvalue weighted by Crippen LogP contribution is -2.51. The lowest BCUT2D eigenvalue weighted by Gasteiger charge is -2.35. The predicted molar refractivity (Wildman–Crippen MR) is 79.6 cm³/mol. The Morgan fingerprint density at radius 2 is 2.08 bits per heavy atom. The smallest absolute Gasteiger partial charge is 0.422 e. The van der Waals surface area contributed by atoms with Gasteiger partial charge < -0.3 is 19.7 Å². The van der Waals surface area contributed by atoms with Gasteiger partial charge in [0.05, 0.1) is 12.2 Å². The number of morpholine rings is 1. The standard InChI is InChI=1S/C15H20F3N3O3/c1-10-7-21(8-11(2)24-10)14(22)20-6-12-4-3-5-19-13(12)23-9-15(16,17)18/h3-5,10-11H,6-9H2,1-2H3,(H,20,22)/t10-,11-/m1/s1. The second-order valence-electron chi connectivity index (χ2n) is 5.69. The highest BCUT2D eigenvalue weighted by molar-refractivity contribution is 5.74. The van der Waals surface area contributed by atoms with E-state index in [0.717, 1.165) is 0 Å². The molecule has 9 heteroatoms. The number of amides is 2. The van der Waals surface area contributed by atoms with Gasteiger partial charge in [-0.2, -0.15) is 13.2 Å². The van der Waals surface area contributed by atoms with Gasteiger partial charge in [-0.3, -0.25) is 0 Å². The molecule has 1 saturated heterocycles. The minimum absolute atomic E-state index is 0.0278. The van der Waals surface area contributed by atoms with Crippen LogP contribution in [-0.4, -0.2) is 54.0 Å². The maximum atomic E-state index is 12.3. The summed E-state index contributed by atoms with van der Waals surface area (Å²) in [7, 11) is 0. The average Bonchev–Trinajstić information content (AvgIpc) is 2.49. The largest absolute Gasteiger partial charge is 0.468 e. The first-order chi connectivity index (χ1) is 11.2. The summed E-state index contributed by atoms with van der Waals surface area (Å²) in [5, 5.41) is 2.68. The number of aromatic nitrogens is 1. The zero-order chi connectivity index (χ0) is 17.7. The van der Waals surface area contributed by atoms with E-state index in [1.165, 1.54) is 6.20 Å². The van der Waals surface area contributed by atoms with Crippen molar-refractivity contribution in [2.24, 2.45) is 0 Å². The van der Waals surface area contributed by atoms with Gasteiger partial charge in [-0.1, -0.05) is 6.07 Å². The Bertz CT molecular complexity index is 558.